The SMILES string of the molecule is O=C(O)c1cn(C2CC2)c2c3c(c(F)cc2c1=O)N1CCC[C@H]1CCC3. The number of rotatable bonds is 2. The molecule has 2 fully saturated rings. The van der Waals surface area contributed by atoms with E-state index in [1.165, 1.54) is 12.3 Å². The summed E-state index contributed by atoms with van der Waals surface area (Å²) in [6.07, 6.45) is 8.30. The molecule has 0 spiro atoms. The van der Waals surface area contributed by atoms with Gasteiger partial charge in [-0.15, -0.1) is 0 Å². The summed E-state index contributed by atoms with van der Waals surface area (Å²) < 4.78 is 17.1. The highest BCUT2D eigenvalue weighted by Crippen LogP contribution is 2.43. The van der Waals surface area contributed by atoms with Crippen molar-refractivity contribution in [2.75, 3.05) is 11.4 Å². The molecule has 0 unspecified atom stereocenters. The second-order valence-electron chi connectivity index (χ2n) is 7.78. The predicted molar refractivity (Wildman–Crippen MR) is 96.7 cm³/mol. The van der Waals surface area contributed by atoms with Crippen molar-refractivity contribution < 1.29 is 14.3 Å². The first-order chi connectivity index (χ1) is 12.6. The number of fused-ring (bicyclic) bond motifs is 5. The van der Waals surface area contributed by atoms with Gasteiger partial charge in [-0.25, -0.2) is 9.18 Å². The molecule has 1 N–H and O–H groups in total. The molecular weight excluding hydrogens is 335 g/mol. The van der Waals surface area contributed by atoms with E-state index in [0.29, 0.717) is 11.7 Å². The number of pyridine rings is 1. The Morgan fingerprint density at radius 2 is 1.92 bits per heavy atom. The Morgan fingerprint density at radius 3 is 2.65 bits per heavy atom. The molecule has 2 aliphatic heterocycles. The summed E-state index contributed by atoms with van der Waals surface area (Å²) in [5.41, 5.74) is 1.45. The summed E-state index contributed by atoms with van der Waals surface area (Å²) in [6, 6.07) is 1.87. The first kappa shape index (κ1) is 15.9. The van der Waals surface area contributed by atoms with Crippen LogP contribution in [-0.4, -0.2) is 28.2 Å². The number of benzene rings is 1. The number of hydrogen-bond acceptors (Lipinski definition) is 3. The standard InChI is InChI=1S/C20H21FN2O3/c21-16-9-14-17(13-5-1-3-11-4-2-8-22(11)18(13)16)23(12-6-7-12)10-15(19(14)24)20(25)26/h9-12H,1-8H2,(H,25,26)/t11-/m1/s1. The molecule has 1 aromatic heterocycles. The van der Waals surface area contributed by atoms with Gasteiger partial charge in [-0.05, 0) is 51.0 Å². The van der Waals surface area contributed by atoms with E-state index in [9.17, 15) is 14.7 Å². The van der Waals surface area contributed by atoms with Crippen LogP contribution in [0.1, 0.15) is 60.5 Å². The van der Waals surface area contributed by atoms with Gasteiger partial charge in [-0.2, -0.15) is 0 Å². The van der Waals surface area contributed by atoms with Crippen molar-refractivity contribution in [3.63, 3.8) is 0 Å². The molecule has 0 radical (unpaired) electrons. The van der Waals surface area contributed by atoms with Crippen LogP contribution in [0.5, 0.6) is 0 Å². The van der Waals surface area contributed by atoms with Gasteiger partial charge in [0, 0.05) is 35.8 Å². The Labute approximate surface area is 150 Å². The van der Waals surface area contributed by atoms with Crippen LogP contribution >= 0.6 is 0 Å². The molecule has 136 valence electrons. The second kappa shape index (κ2) is 5.56. The number of aromatic carboxylic acids is 1. The minimum atomic E-state index is -1.25. The van der Waals surface area contributed by atoms with Crippen molar-refractivity contribution in [1.82, 2.24) is 4.57 Å². The number of halogens is 1. The first-order valence-corrected chi connectivity index (χ1v) is 9.46. The number of carboxylic acid groups (broad SMARTS) is 1. The maximum absolute atomic E-state index is 15.1. The lowest BCUT2D eigenvalue weighted by Crippen LogP contribution is -2.29. The van der Waals surface area contributed by atoms with Gasteiger partial charge >= 0.3 is 5.97 Å². The van der Waals surface area contributed by atoms with Crippen molar-refractivity contribution in [1.29, 1.82) is 0 Å². The summed E-state index contributed by atoms with van der Waals surface area (Å²) in [4.78, 5) is 26.5. The average molecular weight is 356 g/mol. The molecule has 1 aromatic carbocycles. The third-order valence-corrected chi connectivity index (χ3v) is 6.14. The summed E-state index contributed by atoms with van der Waals surface area (Å²) in [5.74, 6) is -1.63. The number of aryl methyl sites for hydroxylation is 1. The van der Waals surface area contributed by atoms with Crippen molar-refractivity contribution in [2.45, 2.75) is 57.0 Å². The summed E-state index contributed by atoms with van der Waals surface area (Å²) in [7, 11) is 0. The van der Waals surface area contributed by atoms with Gasteiger partial charge in [0.15, 0.2) is 0 Å². The highest BCUT2D eigenvalue weighted by Gasteiger charge is 2.34. The molecule has 1 atom stereocenters. The van der Waals surface area contributed by atoms with Gasteiger partial charge in [-0.3, -0.25) is 4.79 Å². The quantitative estimate of drug-likeness (QED) is 0.895. The summed E-state index contributed by atoms with van der Waals surface area (Å²) in [5, 5.41) is 9.63. The largest absolute Gasteiger partial charge is 0.477 e. The van der Waals surface area contributed by atoms with Crippen LogP contribution in [0.4, 0.5) is 10.1 Å². The third kappa shape index (κ3) is 2.20. The van der Waals surface area contributed by atoms with Crippen LogP contribution < -0.4 is 10.3 Å². The van der Waals surface area contributed by atoms with E-state index in [1.54, 1.807) is 0 Å². The van der Waals surface area contributed by atoms with Gasteiger partial charge in [0.2, 0.25) is 5.43 Å². The van der Waals surface area contributed by atoms with Crippen LogP contribution in [0.3, 0.4) is 0 Å². The first-order valence-electron chi connectivity index (χ1n) is 9.46. The molecule has 0 amide bonds. The van der Waals surface area contributed by atoms with E-state index in [2.05, 4.69) is 4.90 Å². The zero-order chi connectivity index (χ0) is 18.0. The fraction of sp³-hybridized carbons (Fsp3) is 0.500. The van der Waals surface area contributed by atoms with E-state index < -0.39 is 11.4 Å². The lowest BCUT2D eigenvalue weighted by Gasteiger charge is -2.27. The lowest BCUT2D eigenvalue weighted by molar-refractivity contribution is 0.0695. The van der Waals surface area contributed by atoms with Gasteiger partial charge in [0.25, 0.3) is 0 Å². The number of aromatic nitrogens is 1. The monoisotopic (exact) mass is 356 g/mol. The minimum Gasteiger partial charge on any atom is -0.477 e. The second-order valence-corrected chi connectivity index (χ2v) is 7.78. The molecule has 0 bridgehead atoms. The Bertz CT molecular complexity index is 993. The molecule has 1 saturated heterocycles. The Hall–Kier alpha value is -2.37. The van der Waals surface area contributed by atoms with Gasteiger partial charge in [0.1, 0.15) is 11.4 Å². The Balaban J connectivity index is 1.88. The van der Waals surface area contributed by atoms with Crippen LogP contribution in [-0.2, 0) is 6.42 Å². The minimum absolute atomic E-state index is 0.211. The molecule has 5 nitrogen and oxygen atoms in total. The third-order valence-electron chi connectivity index (χ3n) is 6.14. The fourth-order valence-corrected chi connectivity index (χ4v) is 4.84. The molecule has 2 aromatic rings. The average Bonchev–Trinajstić information content (AvgIpc) is 3.38. The molecule has 1 saturated carbocycles. The Kier molecular flexibility index (Phi) is 3.39. The molecule has 26 heavy (non-hydrogen) atoms. The van der Waals surface area contributed by atoms with E-state index in [-0.39, 0.29) is 22.8 Å². The molecule has 1 aliphatic carbocycles. The number of carbonyl (C=O) groups is 1. The van der Waals surface area contributed by atoms with Crippen molar-refractivity contribution in [3.8, 4) is 0 Å². The van der Waals surface area contributed by atoms with E-state index in [0.717, 1.165) is 62.6 Å². The molecular formula is C20H21FN2O3. The van der Waals surface area contributed by atoms with Crippen molar-refractivity contribution in [2.24, 2.45) is 0 Å². The summed E-state index contributed by atoms with van der Waals surface area (Å²) in [6.45, 7) is 0.848. The molecule has 5 rings (SSSR count). The van der Waals surface area contributed by atoms with Crippen LogP contribution in [0, 0.1) is 5.82 Å². The smallest absolute Gasteiger partial charge is 0.341 e. The zero-order valence-corrected chi connectivity index (χ0v) is 14.5. The van der Waals surface area contributed by atoms with Gasteiger partial charge < -0.3 is 14.6 Å². The van der Waals surface area contributed by atoms with Crippen LogP contribution in [0.15, 0.2) is 17.1 Å². The topological polar surface area (TPSA) is 62.5 Å². The Morgan fingerprint density at radius 1 is 1.15 bits per heavy atom. The highest BCUT2D eigenvalue weighted by molar-refractivity contribution is 5.95. The predicted octanol–water partition coefficient (Wildman–Crippen LogP) is 3.48. The summed E-state index contributed by atoms with van der Waals surface area (Å²) >= 11 is 0. The van der Waals surface area contributed by atoms with Crippen molar-refractivity contribution in [3.05, 3.63) is 39.4 Å². The lowest BCUT2D eigenvalue weighted by atomic mass is 10.00. The van der Waals surface area contributed by atoms with E-state index in [1.807, 2.05) is 4.57 Å². The molecule has 3 aliphatic rings. The number of carboxylic acids is 1. The number of nitrogens with zero attached hydrogens (tertiary/aromatic N) is 2. The van der Waals surface area contributed by atoms with Gasteiger partial charge in [0.05, 0.1) is 11.2 Å². The zero-order valence-electron chi connectivity index (χ0n) is 14.5. The fourth-order valence-electron chi connectivity index (χ4n) is 4.84. The molecule has 6 heteroatoms. The van der Waals surface area contributed by atoms with E-state index >= 15 is 4.39 Å². The number of hydrogen-bond donors (Lipinski definition) is 1. The van der Waals surface area contributed by atoms with Crippen molar-refractivity contribution >= 4 is 22.6 Å². The maximum atomic E-state index is 15.1. The maximum Gasteiger partial charge on any atom is 0.341 e. The van der Waals surface area contributed by atoms with E-state index in [4.69, 9.17) is 0 Å². The van der Waals surface area contributed by atoms with Gasteiger partial charge in [-0.1, -0.05) is 0 Å². The highest BCUT2D eigenvalue weighted by atomic mass is 19.1. The number of anilines is 1. The van der Waals surface area contributed by atoms with Crippen LogP contribution in [0.2, 0.25) is 0 Å². The van der Waals surface area contributed by atoms with Crippen LogP contribution in [0.25, 0.3) is 10.9 Å². The normalized spacial score (nSPS) is 22.2. The molecule has 3 heterocycles.